The van der Waals surface area contributed by atoms with Gasteiger partial charge < -0.3 is 10.3 Å². The Balaban J connectivity index is 1.96. The Bertz CT molecular complexity index is 405. The van der Waals surface area contributed by atoms with Gasteiger partial charge in [-0.2, -0.15) is 0 Å². The van der Waals surface area contributed by atoms with Crippen LogP contribution in [0.15, 0.2) is 6.20 Å². The van der Waals surface area contributed by atoms with Gasteiger partial charge >= 0.3 is 0 Å². The fourth-order valence-electron chi connectivity index (χ4n) is 2.55. The SMILES string of the molecule is CNC(CCC1(C(C)(F)F)CC1)c1cnc(C)[nH]1. The smallest absolute Gasteiger partial charge is 0.250 e. The lowest BCUT2D eigenvalue weighted by Gasteiger charge is -2.25. The van der Waals surface area contributed by atoms with Gasteiger partial charge in [0.05, 0.1) is 5.69 Å². The summed E-state index contributed by atoms with van der Waals surface area (Å²) in [5, 5.41) is 3.17. The Morgan fingerprint density at radius 2 is 2.22 bits per heavy atom. The third-order valence-corrected chi connectivity index (χ3v) is 4.14. The van der Waals surface area contributed by atoms with E-state index >= 15 is 0 Å². The largest absolute Gasteiger partial charge is 0.345 e. The molecule has 0 aromatic carbocycles. The standard InChI is InChI=1S/C13H21F2N3/c1-9-17-8-11(18-9)10(16-3)4-5-13(6-7-13)12(2,14)15/h8,10,16H,4-7H2,1-3H3,(H,17,18). The molecule has 0 amide bonds. The van der Waals surface area contributed by atoms with E-state index in [0.29, 0.717) is 25.7 Å². The van der Waals surface area contributed by atoms with E-state index in [-0.39, 0.29) is 6.04 Å². The molecule has 2 rings (SSSR count). The Kier molecular flexibility index (Phi) is 3.45. The minimum atomic E-state index is -2.56. The number of aryl methyl sites for hydroxylation is 1. The molecule has 1 aliphatic rings. The van der Waals surface area contributed by atoms with Crippen molar-refractivity contribution < 1.29 is 8.78 Å². The molecule has 3 nitrogen and oxygen atoms in total. The molecular formula is C13H21F2N3. The third-order valence-electron chi connectivity index (χ3n) is 4.14. The first-order valence-corrected chi connectivity index (χ1v) is 6.44. The van der Waals surface area contributed by atoms with Crippen LogP contribution >= 0.6 is 0 Å². The molecule has 1 saturated carbocycles. The van der Waals surface area contributed by atoms with Crippen LogP contribution in [0.1, 0.15) is 50.2 Å². The van der Waals surface area contributed by atoms with Crippen LogP contribution in [0.2, 0.25) is 0 Å². The molecule has 1 heterocycles. The van der Waals surface area contributed by atoms with Crippen molar-refractivity contribution in [3.63, 3.8) is 0 Å². The van der Waals surface area contributed by atoms with Gasteiger partial charge in [-0.15, -0.1) is 0 Å². The maximum absolute atomic E-state index is 13.5. The van der Waals surface area contributed by atoms with Gasteiger partial charge in [0.25, 0.3) is 5.92 Å². The number of imidazole rings is 1. The summed E-state index contributed by atoms with van der Waals surface area (Å²) in [6, 6.07) is 0.0750. The summed E-state index contributed by atoms with van der Waals surface area (Å²) < 4.78 is 27.0. The van der Waals surface area contributed by atoms with Gasteiger partial charge in [0.1, 0.15) is 5.82 Å². The number of rotatable bonds is 6. The van der Waals surface area contributed by atoms with Gasteiger partial charge in [0.15, 0.2) is 0 Å². The number of alkyl halides is 2. The predicted octanol–water partition coefficient (Wildman–Crippen LogP) is 3.19. The molecule has 102 valence electrons. The van der Waals surface area contributed by atoms with Crippen molar-refractivity contribution in [3.05, 3.63) is 17.7 Å². The molecule has 18 heavy (non-hydrogen) atoms. The summed E-state index contributed by atoms with van der Waals surface area (Å²) in [6.07, 6.45) is 4.34. The van der Waals surface area contributed by atoms with Crippen molar-refractivity contribution in [2.45, 2.75) is 51.5 Å². The van der Waals surface area contributed by atoms with Crippen molar-refractivity contribution in [2.75, 3.05) is 7.05 Å². The van der Waals surface area contributed by atoms with E-state index < -0.39 is 11.3 Å². The predicted molar refractivity (Wildman–Crippen MR) is 66.6 cm³/mol. The molecular weight excluding hydrogens is 236 g/mol. The molecule has 0 spiro atoms. The second-order valence-corrected chi connectivity index (χ2v) is 5.47. The summed E-state index contributed by atoms with van der Waals surface area (Å²) in [5.41, 5.74) is 0.224. The molecule has 1 unspecified atom stereocenters. The topological polar surface area (TPSA) is 40.7 Å². The zero-order valence-corrected chi connectivity index (χ0v) is 11.2. The summed E-state index contributed by atoms with van der Waals surface area (Å²) >= 11 is 0. The monoisotopic (exact) mass is 257 g/mol. The van der Waals surface area contributed by atoms with Gasteiger partial charge in [-0.1, -0.05) is 0 Å². The zero-order chi connectivity index (χ0) is 13.4. The molecule has 2 N–H and O–H groups in total. The molecule has 5 heteroatoms. The fourth-order valence-corrected chi connectivity index (χ4v) is 2.55. The number of aromatic nitrogens is 2. The van der Waals surface area contributed by atoms with Crippen molar-refractivity contribution in [3.8, 4) is 0 Å². The summed E-state index contributed by atoms with van der Waals surface area (Å²) in [4.78, 5) is 7.31. The van der Waals surface area contributed by atoms with Crippen molar-refractivity contribution in [2.24, 2.45) is 5.41 Å². The zero-order valence-electron chi connectivity index (χ0n) is 11.2. The molecule has 0 saturated heterocycles. The number of nitrogens with one attached hydrogen (secondary N) is 2. The number of hydrogen-bond donors (Lipinski definition) is 2. The lowest BCUT2D eigenvalue weighted by Crippen LogP contribution is -2.28. The van der Waals surface area contributed by atoms with E-state index in [4.69, 9.17) is 0 Å². The van der Waals surface area contributed by atoms with Gasteiger partial charge in [-0.3, -0.25) is 0 Å². The quantitative estimate of drug-likeness (QED) is 0.821. The fraction of sp³-hybridized carbons (Fsp3) is 0.769. The average Bonchev–Trinajstić information content (AvgIpc) is 2.97. The van der Waals surface area contributed by atoms with Crippen LogP contribution in [0, 0.1) is 12.3 Å². The molecule has 1 fully saturated rings. The number of hydrogen-bond acceptors (Lipinski definition) is 2. The maximum atomic E-state index is 13.5. The minimum Gasteiger partial charge on any atom is -0.345 e. The average molecular weight is 257 g/mol. The molecule has 0 radical (unpaired) electrons. The van der Waals surface area contributed by atoms with E-state index in [1.54, 1.807) is 6.20 Å². The Labute approximate surface area is 106 Å². The summed E-state index contributed by atoms with van der Waals surface area (Å²) in [7, 11) is 1.85. The highest BCUT2D eigenvalue weighted by molar-refractivity contribution is 5.08. The van der Waals surface area contributed by atoms with Crippen LogP contribution < -0.4 is 5.32 Å². The van der Waals surface area contributed by atoms with Gasteiger partial charge in [-0.25, -0.2) is 13.8 Å². The van der Waals surface area contributed by atoms with Crippen LogP contribution in [0.4, 0.5) is 8.78 Å². The molecule has 0 bridgehead atoms. The first kappa shape index (κ1) is 13.5. The van der Waals surface area contributed by atoms with Crippen LogP contribution in [0.5, 0.6) is 0 Å². The van der Waals surface area contributed by atoms with Crippen molar-refractivity contribution in [1.82, 2.24) is 15.3 Å². The van der Waals surface area contributed by atoms with E-state index in [0.717, 1.165) is 18.4 Å². The van der Waals surface area contributed by atoms with E-state index in [9.17, 15) is 8.78 Å². The number of nitrogens with zero attached hydrogens (tertiary/aromatic N) is 1. The van der Waals surface area contributed by atoms with Crippen LogP contribution in [0.3, 0.4) is 0 Å². The van der Waals surface area contributed by atoms with E-state index in [1.165, 1.54) is 0 Å². The second kappa shape index (κ2) is 4.61. The highest BCUT2D eigenvalue weighted by Crippen LogP contribution is 2.60. The number of halogens is 2. The highest BCUT2D eigenvalue weighted by Gasteiger charge is 2.58. The Hall–Kier alpha value is -0.970. The highest BCUT2D eigenvalue weighted by atomic mass is 19.3. The minimum absolute atomic E-state index is 0.0750. The van der Waals surface area contributed by atoms with Gasteiger partial charge in [0.2, 0.25) is 0 Å². The van der Waals surface area contributed by atoms with Gasteiger partial charge in [0, 0.05) is 17.7 Å². The number of H-pyrrole nitrogens is 1. The third kappa shape index (κ3) is 2.55. The maximum Gasteiger partial charge on any atom is 0.250 e. The molecule has 0 aliphatic heterocycles. The normalized spacial score (nSPS) is 19.8. The van der Waals surface area contributed by atoms with E-state index in [2.05, 4.69) is 15.3 Å². The molecule has 1 aliphatic carbocycles. The summed E-state index contributed by atoms with van der Waals surface area (Å²) in [6.45, 7) is 2.94. The van der Waals surface area contributed by atoms with Crippen molar-refractivity contribution >= 4 is 0 Å². The number of aromatic amines is 1. The van der Waals surface area contributed by atoms with E-state index in [1.807, 2.05) is 14.0 Å². The molecule has 1 aromatic rings. The second-order valence-electron chi connectivity index (χ2n) is 5.47. The first-order chi connectivity index (χ1) is 8.38. The van der Waals surface area contributed by atoms with Crippen LogP contribution in [0.25, 0.3) is 0 Å². The molecule has 1 aromatic heterocycles. The molecule has 1 atom stereocenters. The summed E-state index contributed by atoms with van der Waals surface area (Å²) in [5.74, 6) is -1.71. The van der Waals surface area contributed by atoms with Gasteiger partial charge in [-0.05, 0) is 46.6 Å². The Morgan fingerprint density at radius 3 is 2.61 bits per heavy atom. The van der Waals surface area contributed by atoms with Crippen molar-refractivity contribution in [1.29, 1.82) is 0 Å². The Morgan fingerprint density at radius 1 is 1.56 bits per heavy atom. The van der Waals surface area contributed by atoms with Crippen LogP contribution in [-0.4, -0.2) is 22.9 Å². The lowest BCUT2D eigenvalue weighted by atomic mass is 9.91. The van der Waals surface area contributed by atoms with Crippen LogP contribution in [-0.2, 0) is 0 Å². The first-order valence-electron chi connectivity index (χ1n) is 6.44. The lowest BCUT2D eigenvalue weighted by molar-refractivity contribution is -0.0593.